The lowest BCUT2D eigenvalue weighted by atomic mass is 9.78. The molecule has 0 atom stereocenters. The fourth-order valence-corrected chi connectivity index (χ4v) is 2.48. The largest absolute Gasteiger partial charge is 0.507 e. The van der Waals surface area contributed by atoms with Gasteiger partial charge in [0.15, 0.2) is 0 Å². The summed E-state index contributed by atoms with van der Waals surface area (Å²) in [6.45, 7) is 12.7. The quantitative estimate of drug-likeness (QED) is 0.833. The van der Waals surface area contributed by atoms with E-state index in [0.29, 0.717) is 18.6 Å². The molecule has 0 bridgehead atoms. The maximum atomic E-state index is 11.7. The van der Waals surface area contributed by atoms with Crippen LogP contribution in [-0.4, -0.2) is 17.6 Å². The number of nitrogens with one attached hydrogen (secondary N) is 1. The third-order valence-electron chi connectivity index (χ3n) is 3.81. The first kappa shape index (κ1) is 19.1. The van der Waals surface area contributed by atoms with Crippen molar-refractivity contribution >= 4 is 5.91 Å². The van der Waals surface area contributed by atoms with Gasteiger partial charge < -0.3 is 10.4 Å². The average Bonchev–Trinajstić information content (AvgIpc) is 2.41. The van der Waals surface area contributed by atoms with Crippen molar-refractivity contribution in [3.8, 4) is 18.1 Å². The third-order valence-corrected chi connectivity index (χ3v) is 3.81. The van der Waals surface area contributed by atoms with Gasteiger partial charge >= 0.3 is 0 Å². The van der Waals surface area contributed by atoms with Gasteiger partial charge in [0, 0.05) is 6.42 Å². The van der Waals surface area contributed by atoms with Gasteiger partial charge in [-0.1, -0.05) is 59.6 Å². The number of carbonyl (C=O) groups excluding carboxylic acids is 1. The minimum absolute atomic E-state index is 0.0503. The molecule has 0 spiro atoms. The molecule has 0 aliphatic heterocycles. The molecule has 0 fully saturated rings. The molecule has 0 heterocycles. The monoisotopic (exact) mass is 315 g/mol. The maximum Gasteiger partial charge on any atom is 0.221 e. The summed E-state index contributed by atoms with van der Waals surface area (Å²) in [6, 6.07) is 4.03. The molecule has 0 saturated carbocycles. The van der Waals surface area contributed by atoms with Crippen molar-refractivity contribution in [3.05, 3.63) is 28.8 Å². The second kappa shape index (κ2) is 7.08. The van der Waals surface area contributed by atoms with E-state index >= 15 is 0 Å². The molecule has 1 aromatic rings. The zero-order valence-corrected chi connectivity index (χ0v) is 15.2. The van der Waals surface area contributed by atoms with Crippen molar-refractivity contribution < 1.29 is 9.90 Å². The van der Waals surface area contributed by atoms with Crippen LogP contribution in [0.4, 0.5) is 0 Å². The Labute approximate surface area is 140 Å². The normalized spacial score (nSPS) is 11.9. The molecule has 3 heteroatoms. The highest BCUT2D eigenvalue weighted by atomic mass is 16.3. The molecule has 23 heavy (non-hydrogen) atoms. The molecule has 0 aliphatic carbocycles. The van der Waals surface area contributed by atoms with E-state index in [1.54, 1.807) is 0 Å². The predicted octanol–water partition coefficient (Wildman–Crippen LogP) is 3.67. The minimum atomic E-state index is -0.161. The van der Waals surface area contributed by atoms with Gasteiger partial charge in [0.2, 0.25) is 5.91 Å². The molecule has 1 amide bonds. The summed E-state index contributed by atoms with van der Waals surface area (Å²) in [5.74, 6) is 2.71. The van der Waals surface area contributed by atoms with Crippen LogP contribution in [0.15, 0.2) is 12.1 Å². The van der Waals surface area contributed by atoms with E-state index in [9.17, 15) is 9.90 Å². The highest BCUT2D eigenvalue weighted by molar-refractivity contribution is 5.76. The van der Waals surface area contributed by atoms with Crippen LogP contribution in [0.2, 0.25) is 0 Å². The second-order valence-electron chi connectivity index (χ2n) is 8.02. The van der Waals surface area contributed by atoms with Crippen LogP contribution in [0.5, 0.6) is 5.75 Å². The first-order valence-electron chi connectivity index (χ1n) is 8.04. The molecule has 0 aromatic heterocycles. The smallest absolute Gasteiger partial charge is 0.221 e. The van der Waals surface area contributed by atoms with Crippen LogP contribution < -0.4 is 5.32 Å². The Hall–Kier alpha value is -1.95. The van der Waals surface area contributed by atoms with E-state index in [0.717, 1.165) is 16.7 Å². The number of phenolic OH excluding ortho intramolecular Hbond substituents is 1. The molecule has 1 rings (SSSR count). The lowest BCUT2D eigenvalue weighted by Gasteiger charge is -2.28. The van der Waals surface area contributed by atoms with Gasteiger partial charge in [-0.05, 0) is 33.9 Å². The Morgan fingerprint density at radius 1 is 1.13 bits per heavy atom. The van der Waals surface area contributed by atoms with E-state index in [1.807, 2.05) is 12.1 Å². The van der Waals surface area contributed by atoms with E-state index < -0.39 is 0 Å². The number of aromatic hydroxyl groups is 1. The minimum Gasteiger partial charge on any atom is -0.507 e. The summed E-state index contributed by atoms with van der Waals surface area (Å²) in [4.78, 5) is 11.7. The maximum absolute atomic E-state index is 11.7. The Balaban J connectivity index is 3.14. The standard InChI is InChI=1S/C20H29NO2/c1-8-11-21-17(22)10-9-14-12-15(19(2,3)4)18(23)16(13-14)20(5,6)7/h1,12-13,23H,9-11H2,2-7H3,(H,21,22). The second-order valence-corrected chi connectivity index (χ2v) is 8.02. The third kappa shape index (κ3) is 5.32. The van der Waals surface area contributed by atoms with Crippen molar-refractivity contribution in [3.63, 3.8) is 0 Å². The fraction of sp³-hybridized carbons (Fsp3) is 0.550. The first-order valence-corrected chi connectivity index (χ1v) is 8.04. The zero-order chi connectivity index (χ0) is 17.8. The SMILES string of the molecule is C#CCNC(=O)CCc1cc(C(C)(C)C)c(O)c(C(C)(C)C)c1. The topological polar surface area (TPSA) is 49.3 Å². The number of carbonyl (C=O) groups is 1. The molecule has 0 saturated heterocycles. The number of amides is 1. The summed E-state index contributed by atoms with van der Waals surface area (Å²) in [5.41, 5.74) is 2.58. The van der Waals surface area contributed by atoms with Crippen molar-refractivity contribution in [2.24, 2.45) is 0 Å². The summed E-state index contributed by atoms with van der Waals surface area (Å²) in [5, 5.41) is 13.4. The van der Waals surface area contributed by atoms with Gasteiger partial charge in [0.1, 0.15) is 5.75 Å². The van der Waals surface area contributed by atoms with E-state index in [-0.39, 0.29) is 23.3 Å². The van der Waals surface area contributed by atoms with Crippen molar-refractivity contribution in [1.82, 2.24) is 5.32 Å². The Bertz CT molecular complexity index is 575. The highest BCUT2D eigenvalue weighted by Gasteiger charge is 2.26. The number of rotatable bonds is 4. The summed E-state index contributed by atoms with van der Waals surface area (Å²) in [7, 11) is 0. The highest BCUT2D eigenvalue weighted by Crippen LogP contribution is 2.39. The van der Waals surface area contributed by atoms with Gasteiger partial charge in [-0.3, -0.25) is 4.79 Å². The zero-order valence-electron chi connectivity index (χ0n) is 15.2. The van der Waals surface area contributed by atoms with Gasteiger partial charge in [0.25, 0.3) is 0 Å². The van der Waals surface area contributed by atoms with Crippen LogP contribution in [0.1, 0.15) is 64.7 Å². The van der Waals surface area contributed by atoms with Crippen molar-refractivity contribution in [2.75, 3.05) is 6.54 Å². The van der Waals surface area contributed by atoms with E-state index in [2.05, 4.69) is 52.8 Å². The Kier molecular flexibility index (Phi) is 5.88. The molecular formula is C20H29NO2. The molecule has 1 aromatic carbocycles. The van der Waals surface area contributed by atoms with Crippen molar-refractivity contribution in [1.29, 1.82) is 0 Å². The molecule has 0 unspecified atom stereocenters. The molecule has 126 valence electrons. The van der Waals surface area contributed by atoms with E-state index in [4.69, 9.17) is 6.42 Å². The number of aryl methyl sites for hydroxylation is 1. The number of hydrogen-bond donors (Lipinski definition) is 2. The van der Waals surface area contributed by atoms with Gasteiger partial charge in [-0.25, -0.2) is 0 Å². The lowest BCUT2D eigenvalue weighted by molar-refractivity contribution is -0.120. The number of phenols is 1. The molecule has 0 radical (unpaired) electrons. The number of hydrogen-bond acceptors (Lipinski definition) is 2. The Morgan fingerprint density at radius 3 is 2.00 bits per heavy atom. The van der Waals surface area contributed by atoms with Gasteiger partial charge in [0.05, 0.1) is 6.54 Å². The average molecular weight is 315 g/mol. The summed E-state index contributed by atoms with van der Waals surface area (Å²) in [6.07, 6.45) is 6.16. The summed E-state index contributed by atoms with van der Waals surface area (Å²) < 4.78 is 0. The van der Waals surface area contributed by atoms with Crippen LogP contribution in [0.25, 0.3) is 0 Å². The molecule has 2 N–H and O–H groups in total. The number of benzene rings is 1. The van der Waals surface area contributed by atoms with E-state index in [1.165, 1.54) is 0 Å². The van der Waals surface area contributed by atoms with Gasteiger partial charge in [-0.2, -0.15) is 0 Å². The fourth-order valence-electron chi connectivity index (χ4n) is 2.48. The van der Waals surface area contributed by atoms with Crippen LogP contribution in [0.3, 0.4) is 0 Å². The Morgan fingerprint density at radius 2 is 1.61 bits per heavy atom. The van der Waals surface area contributed by atoms with Crippen molar-refractivity contribution in [2.45, 2.75) is 65.2 Å². The molecule has 3 nitrogen and oxygen atoms in total. The molecular weight excluding hydrogens is 286 g/mol. The molecule has 0 aliphatic rings. The van der Waals surface area contributed by atoms with Crippen LogP contribution >= 0.6 is 0 Å². The first-order chi connectivity index (χ1) is 10.5. The van der Waals surface area contributed by atoms with Gasteiger partial charge in [-0.15, -0.1) is 6.42 Å². The van der Waals surface area contributed by atoms with Crippen LogP contribution in [0, 0.1) is 12.3 Å². The van der Waals surface area contributed by atoms with Crippen LogP contribution in [-0.2, 0) is 22.0 Å². The lowest BCUT2D eigenvalue weighted by Crippen LogP contribution is -2.24. The number of terminal acetylenes is 1. The predicted molar refractivity (Wildman–Crippen MR) is 95.7 cm³/mol. The summed E-state index contributed by atoms with van der Waals surface area (Å²) >= 11 is 0.